The summed E-state index contributed by atoms with van der Waals surface area (Å²) in [5.41, 5.74) is 6.80. The minimum Gasteiger partial charge on any atom is -0.379 e. The molecule has 152 valence electrons. The Morgan fingerprint density at radius 1 is 1.00 bits per heavy atom. The van der Waals surface area contributed by atoms with Crippen molar-refractivity contribution in [2.75, 3.05) is 37.7 Å². The van der Waals surface area contributed by atoms with Crippen LogP contribution in [-0.2, 0) is 23.1 Å². The SMILES string of the molecule is C[C@H]1CCN1c1nc2c(c(-c3ccc(C4(N5CCOCC5)CC4)cc3)n1)CCC2. The molecular formula is C24H30N4O. The molecule has 0 bridgehead atoms. The van der Waals surface area contributed by atoms with E-state index in [4.69, 9.17) is 14.7 Å². The fourth-order valence-corrected chi connectivity index (χ4v) is 5.44. The molecule has 0 spiro atoms. The van der Waals surface area contributed by atoms with Gasteiger partial charge in [0.25, 0.3) is 0 Å². The van der Waals surface area contributed by atoms with Crippen LogP contribution in [0.4, 0.5) is 5.95 Å². The first-order valence-electron chi connectivity index (χ1n) is 11.3. The standard InChI is InChI=1S/C24H30N4O/c1-17-9-12-28(17)23-25-21-4-2-3-20(21)22(26-23)18-5-7-19(8-6-18)24(10-11-24)27-13-15-29-16-14-27/h5-8,17H,2-4,9-16H2,1H3/t17-/m0/s1. The first-order valence-corrected chi connectivity index (χ1v) is 11.3. The Balaban J connectivity index is 1.33. The Morgan fingerprint density at radius 2 is 1.79 bits per heavy atom. The van der Waals surface area contributed by atoms with Crippen molar-refractivity contribution in [1.82, 2.24) is 14.9 Å². The fourth-order valence-electron chi connectivity index (χ4n) is 5.44. The van der Waals surface area contributed by atoms with Crippen molar-refractivity contribution >= 4 is 5.95 Å². The van der Waals surface area contributed by atoms with Crippen LogP contribution in [0, 0.1) is 0 Å². The highest BCUT2D eigenvalue weighted by Gasteiger charge is 2.49. The summed E-state index contributed by atoms with van der Waals surface area (Å²) in [6.07, 6.45) is 7.19. The van der Waals surface area contributed by atoms with E-state index in [2.05, 4.69) is 41.0 Å². The van der Waals surface area contributed by atoms with E-state index in [1.54, 1.807) is 0 Å². The molecule has 3 heterocycles. The molecule has 2 aliphatic heterocycles. The average Bonchev–Trinajstić information content (AvgIpc) is 3.44. The number of benzene rings is 1. The van der Waals surface area contributed by atoms with Gasteiger partial charge in [0.05, 0.1) is 18.9 Å². The van der Waals surface area contributed by atoms with E-state index < -0.39 is 0 Å². The summed E-state index contributed by atoms with van der Waals surface area (Å²) < 4.78 is 5.57. The minimum atomic E-state index is 0.258. The Kier molecular flexibility index (Phi) is 4.17. The molecule has 5 nitrogen and oxygen atoms in total. The van der Waals surface area contributed by atoms with Crippen molar-refractivity contribution in [2.45, 2.75) is 57.0 Å². The average molecular weight is 391 g/mol. The van der Waals surface area contributed by atoms with Crippen molar-refractivity contribution < 1.29 is 4.74 Å². The quantitative estimate of drug-likeness (QED) is 0.799. The van der Waals surface area contributed by atoms with Crippen LogP contribution in [0.2, 0.25) is 0 Å². The third-order valence-electron chi connectivity index (χ3n) is 7.53. The molecule has 29 heavy (non-hydrogen) atoms. The van der Waals surface area contributed by atoms with E-state index in [-0.39, 0.29) is 5.54 Å². The third kappa shape index (κ3) is 2.89. The van der Waals surface area contributed by atoms with Crippen molar-refractivity contribution in [1.29, 1.82) is 0 Å². The number of hydrogen-bond donors (Lipinski definition) is 0. The number of aromatic nitrogens is 2. The fraction of sp³-hybridized carbons (Fsp3) is 0.583. The predicted molar refractivity (Wildman–Crippen MR) is 114 cm³/mol. The van der Waals surface area contributed by atoms with Gasteiger partial charge in [-0.25, -0.2) is 9.97 Å². The highest BCUT2D eigenvalue weighted by Crippen LogP contribution is 2.51. The molecule has 0 radical (unpaired) electrons. The van der Waals surface area contributed by atoms with Gasteiger partial charge in [0.15, 0.2) is 0 Å². The van der Waals surface area contributed by atoms with Crippen LogP contribution in [0.5, 0.6) is 0 Å². The molecule has 1 atom stereocenters. The van der Waals surface area contributed by atoms with E-state index in [0.717, 1.165) is 51.6 Å². The molecule has 6 rings (SSSR count). The van der Waals surface area contributed by atoms with E-state index in [0.29, 0.717) is 6.04 Å². The molecule has 1 aromatic carbocycles. The number of rotatable bonds is 4. The van der Waals surface area contributed by atoms with Crippen LogP contribution in [0.3, 0.4) is 0 Å². The summed E-state index contributed by atoms with van der Waals surface area (Å²) >= 11 is 0. The first-order chi connectivity index (χ1) is 14.2. The lowest BCUT2D eigenvalue weighted by Gasteiger charge is -2.39. The highest BCUT2D eigenvalue weighted by atomic mass is 16.5. The number of morpholine rings is 1. The summed E-state index contributed by atoms with van der Waals surface area (Å²) in [5, 5.41) is 0. The lowest BCUT2D eigenvalue weighted by Crippen LogP contribution is -2.46. The van der Waals surface area contributed by atoms with Gasteiger partial charge in [-0.2, -0.15) is 0 Å². The van der Waals surface area contributed by atoms with Gasteiger partial charge < -0.3 is 9.64 Å². The molecule has 5 heteroatoms. The van der Waals surface area contributed by atoms with Gasteiger partial charge in [-0.1, -0.05) is 24.3 Å². The van der Waals surface area contributed by atoms with E-state index in [1.807, 2.05) is 0 Å². The monoisotopic (exact) mass is 390 g/mol. The Hall–Kier alpha value is -1.98. The van der Waals surface area contributed by atoms with Crippen molar-refractivity contribution in [3.63, 3.8) is 0 Å². The Morgan fingerprint density at radius 3 is 2.45 bits per heavy atom. The normalized spacial score (nSPS) is 25.6. The van der Waals surface area contributed by atoms with Gasteiger partial charge >= 0.3 is 0 Å². The van der Waals surface area contributed by atoms with Crippen LogP contribution >= 0.6 is 0 Å². The van der Waals surface area contributed by atoms with E-state index >= 15 is 0 Å². The number of fused-ring (bicyclic) bond motifs is 1. The molecule has 1 saturated carbocycles. The number of nitrogens with zero attached hydrogens (tertiary/aromatic N) is 4. The maximum atomic E-state index is 5.57. The number of hydrogen-bond acceptors (Lipinski definition) is 5. The summed E-state index contributed by atoms with van der Waals surface area (Å²) in [4.78, 5) is 15.0. The molecule has 2 aromatic rings. The van der Waals surface area contributed by atoms with Crippen LogP contribution < -0.4 is 4.90 Å². The van der Waals surface area contributed by atoms with Crippen molar-refractivity contribution in [3.8, 4) is 11.3 Å². The second-order valence-electron chi connectivity index (χ2n) is 9.19. The molecule has 3 fully saturated rings. The number of aryl methyl sites for hydroxylation is 1. The van der Waals surface area contributed by atoms with E-state index in [1.165, 1.54) is 53.8 Å². The zero-order valence-electron chi connectivity index (χ0n) is 17.4. The summed E-state index contributed by atoms with van der Waals surface area (Å²) in [5.74, 6) is 0.940. The second-order valence-corrected chi connectivity index (χ2v) is 9.19. The summed E-state index contributed by atoms with van der Waals surface area (Å²) in [7, 11) is 0. The van der Waals surface area contributed by atoms with Gasteiger partial charge in [0.2, 0.25) is 5.95 Å². The zero-order chi connectivity index (χ0) is 19.4. The van der Waals surface area contributed by atoms with Crippen LogP contribution in [0.15, 0.2) is 24.3 Å². The smallest absolute Gasteiger partial charge is 0.226 e. The number of ether oxygens (including phenoxy) is 1. The molecular weight excluding hydrogens is 360 g/mol. The van der Waals surface area contributed by atoms with Gasteiger partial charge in [-0.3, -0.25) is 4.90 Å². The van der Waals surface area contributed by atoms with Crippen molar-refractivity contribution in [2.24, 2.45) is 0 Å². The largest absolute Gasteiger partial charge is 0.379 e. The topological polar surface area (TPSA) is 41.5 Å². The maximum absolute atomic E-state index is 5.57. The zero-order valence-corrected chi connectivity index (χ0v) is 17.4. The predicted octanol–water partition coefficient (Wildman–Crippen LogP) is 3.55. The minimum absolute atomic E-state index is 0.258. The summed E-state index contributed by atoms with van der Waals surface area (Å²) in [6.45, 7) is 7.20. The van der Waals surface area contributed by atoms with Gasteiger partial charge in [-0.15, -0.1) is 0 Å². The molecule has 4 aliphatic rings. The lowest BCUT2D eigenvalue weighted by molar-refractivity contribution is 0.00835. The van der Waals surface area contributed by atoms with Crippen LogP contribution in [0.1, 0.15) is 49.4 Å². The van der Waals surface area contributed by atoms with Gasteiger partial charge in [-0.05, 0) is 51.0 Å². The Bertz CT molecular complexity index is 915. The molecule has 0 unspecified atom stereocenters. The van der Waals surface area contributed by atoms with Gasteiger partial charge in [0, 0.05) is 48.0 Å². The molecule has 0 amide bonds. The van der Waals surface area contributed by atoms with Gasteiger partial charge in [0.1, 0.15) is 0 Å². The Labute approximate surface area is 173 Å². The summed E-state index contributed by atoms with van der Waals surface area (Å²) in [6, 6.07) is 9.88. The first kappa shape index (κ1) is 17.8. The molecule has 1 aromatic heterocycles. The third-order valence-corrected chi connectivity index (χ3v) is 7.53. The maximum Gasteiger partial charge on any atom is 0.226 e. The second kappa shape index (κ2) is 6.78. The molecule has 2 saturated heterocycles. The lowest BCUT2D eigenvalue weighted by atomic mass is 9.98. The molecule has 2 aliphatic carbocycles. The highest BCUT2D eigenvalue weighted by molar-refractivity contribution is 5.67. The number of anilines is 1. The van der Waals surface area contributed by atoms with Crippen molar-refractivity contribution in [3.05, 3.63) is 41.1 Å². The van der Waals surface area contributed by atoms with Crippen LogP contribution in [0.25, 0.3) is 11.3 Å². The van der Waals surface area contributed by atoms with Crippen LogP contribution in [-0.4, -0.2) is 53.8 Å². The van der Waals surface area contributed by atoms with E-state index in [9.17, 15) is 0 Å². The molecule has 0 N–H and O–H groups in total.